The van der Waals surface area contributed by atoms with Crippen molar-refractivity contribution in [3.63, 3.8) is 0 Å². The number of hydrogen-bond donors (Lipinski definition) is 1. The SMILES string of the molecule is O=C(c1ccc(CN2CCCCC2)o1)N1N=C2CCCC[C@H]2[C@@]1(O)C(F)(F)F. The maximum absolute atomic E-state index is 13.8. The van der Waals surface area contributed by atoms with Gasteiger partial charge in [0.2, 0.25) is 0 Å². The molecule has 0 unspecified atom stereocenters. The highest BCUT2D eigenvalue weighted by Crippen LogP contribution is 2.48. The van der Waals surface area contributed by atoms with E-state index in [1.54, 1.807) is 6.07 Å². The first kappa shape index (κ1) is 19.4. The quantitative estimate of drug-likeness (QED) is 0.845. The fourth-order valence-electron chi connectivity index (χ4n) is 4.44. The number of fused-ring (bicyclic) bond motifs is 1. The maximum atomic E-state index is 13.8. The number of aliphatic hydroxyl groups is 1. The molecular formula is C19H24F3N3O3. The second kappa shape index (κ2) is 7.18. The molecule has 0 bridgehead atoms. The van der Waals surface area contributed by atoms with Gasteiger partial charge in [0.05, 0.1) is 12.5 Å². The number of alkyl halides is 3. The van der Waals surface area contributed by atoms with Gasteiger partial charge < -0.3 is 9.52 Å². The first-order chi connectivity index (χ1) is 13.3. The fraction of sp³-hybridized carbons (Fsp3) is 0.684. The van der Waals surface area contributed by atoms with Gasteiger partial charge in [-0.25, -0.2) is 0 Å². The summed E-state index contributed by atoms with van der Waals surface area (Å²) in [5.74, 6) is -2.00. The van der Waals surface area contributed by atoms with Crippen LogP contribution in [0.3, 0.4) is 0 Å². The number of amides is 1. The van der Waals surface area contributed by atoms with E-state index in [4.69, 9.17) is 4.42 Å². The molecule has 1 aliphatic carbocycles. The van der Waals surface area contributed by atoms with Gasteiger partial charge in [0.15, 0.2) is 5.76 Å². The summed E-state index contributed by atoms with van der Waals surface area (Å²) in [6.45, 7) is 2.37. The Kier molecular flexibility index (Phi) is 4.99. The zero-order valence-corrected chi connectivity index (χ0v) is 15.5. The van der Waals surface area contributed by atoms with Crippen LogP contribution in [0, 0.1) is 5.92 Å². The van der Waals surface area contributed by atoms with E-state index in [2.05, 4.69) is 10.0 Å². The second-order valence-electron chi connectivity index (χ2n) is 7.83. The summed E-state index contributed by atoms with van der Waals surface area (Å²) in [4.78, 5) is 15.0. The van der Waals surface area contributed by atoms with Crippen LogP contribution in [0.1, 0.15) is 61.3 Å². The third kappa shape index (κ3) is 3.24. The van der Waals surface area contributed by atoms with Gasteiger partial charge >= 0.3 is 12.1 Å². The Morgan fingerprint density at radius 1 is 1.21 bits per heavy atom. The molecule has 2 atom stereocenters. The van der Waals surface area contributed by atoms with Crippen molar-refractivity contribution in [1.82, 2.24) is 9.91 Å². The Bertz CT molecular complexity index is 770. The van der Waals surface area contributed by atoms with Crippen molar-refractivity contribution in [2.24, 2.45) is 11.0 Å². The summed E-state index contributed by atoms with van der Waals surface area (Å²) in [7, 11) is 0. The number of carbonyl (C=O) groups is 1. The van der Waals surface area contributed by atoms with Crippen molar-refractivity contribution >= 4 is 11.6 Å². The summed E-state index contributed by atoms with van der Waals surface area (Å²) in [6, 6.07) is 2.96. The van der Waals surface area contributed by atoms with E-state index < -0.39 is 23.7 Å². The molecule has 1 aromatic rings. The summed E-state index contributed by atoms with van der Waals surface area (Å²) in [6.07, 6.45) is 0.124. The maximum Gasteiger partial charge on any atom is 0.439 e. The molecule has 154 valence electrons. The summed E-state index contributed by atoms with van der Waals surface area (Å²) in [5.41, 5.74) is -3.08. The molecule has 2 aliphatic heterocycles. The van der Waals surface area contributed by atoms with Crippen LogP contribution >= 0.6 is 0 Å². The van der Waals surface area contributed by atoms with Gasteiger partial charge in [0.25, 0.3) is 5.72 Å². The molecule has 0 spiro atoms. The molecule has 3 aliphatic rings. The summed E-state index contributed by atoms with van der Waals surface area (Å²) < 4.78 is 46.9. The van der Waals surface area contributed by atoms with Gasteiger partial charge in [0.1, 0.15) is 5.76 Å². The van der Waals surface area contributed by atoms with E-state index in [9.17, 15) is 23.1 Å². The van der Waals surface area contributed by atoms with E-state index in [-0.39, 0.29) is 22.9 Å². The second-order valence-corrected chi connectivity index (χ2v) is 7.83. The Balaban J connectivity index is 1.57. The number of hydrogen-bond acceptors (Lipinski definition) is 5. The van der Waals surface area contributed by atoms with Crippen molar-refractivity contribution in [2.75, 3.05) is 13.1 Å². The van der Waals surface area contributed by atoms with Crippen LogP contribution in [0.5, 0.6) is 0 Å². The highest BCUT2D eigenvalue weighted by molar-refractivity contribution is 5.98. The smallest absolute Gasteiger partial charge is 0.439 e. The number of likely N-dealkylation sites (tertiary alicyclic amines) is 1. The van der Waals surface area contributed by atoms with Gasteiger partial charge in [-0.1, -0.05) is 12.8 Å². The molecule has 28 heavy (non-hydrogen) atoms. The molecule has 0 aromatic carbocycles. The van der Waals surface area contributed by atoms with Crippen LogP contribution in [0.25, 0.3) is 0 Å². The summed E-state index contributed by atoms with van der Waals surface area (Å²) >= 11 is 0. The highest BCUT2D eigenvalue weighted by atomic mass is 19.4. The van der Waals surface area contributed by atoms with E-state index in [1.807, 2.05) is 0 Å². The third-order valence-corrected chi connectivity index (χ3v) is 5.93. The molecule has 0 radical (unpaired) electrons. The number of halogens is 3. The lowest BCUT2D eigenvalue weighted by Crippen LogP contribution is -2.61. The van der Waals surface area contributed by atoms with Crippen LogP contribution in [0.4, 0.5) is 13.2 Å². The largest absolute Gasteiger partial charge is 0.454 e. The predicted molar refractivity (Wildman–Crippen MR) is 94.4 cm³/mol. The molecule has 1 aromatic heterocycles. The molecular weight excluding hydrogens is 375 g/mol. The number of nitrogens with zero attached hydrogens (tertiary/aromatic N) is 3. The van der Waals surface area contributed by atoms with Crippen molar-refractivity contribution in [3.05, 3.63) is 23.7 Å². The summed E-state index contributed by atoms with van der Waals surface area (Å²) in [5, 5.41) is 14.7. The first-order valence-corrected chi connectivity index (χ1v) is 9.83. The van der Waals surface area contributed by atoms with Gasteiger partial charge in [-0.3, -0.25) is 9.69 Å². The highest BCUT2D eigenvalue weighted by Gasteiger charge is 2.68. The van der Waals surface area contributed by atoms with Crippen LogP contribution in [-0.4, -0.2) is 51.6 Å². The molecule has 1 amide bonds. The van der Waals surface area contributed by atoms with Gasteiger partial charge in [0, 0.05) is 5.71 Å². The number of hydrazone groups is 1. The number of piperidine rings is 1. The molecule has 1 saturated heterocycles. The molecule has 1 N–H and O–H groups in total. The lowest BCUT2D eigenvalue weighted by molar-refractivity contribution is -0.312. The lowest BCUT2D eigenvalue weighted by Gasteiger charge is -2.37. The molecule has 1 saturated carbocycles. The number of furan rings is 1. The van der Waals surface area contributed by atoms with E-state index in [1.165, 1.54) is 12.5 Å². The van der Waals surface area contributed by atoms with E-state index in [0.717, 1.165) is 25.9 Å². The monoisotopic (exact) mass is 399 g/mol. The predicted octanol–water partition coefficient (Wildman–Crippen LogP) is 3.52. The number of carbonyl (C=O) groups excluding carboxylic acids is 1. The van der Waals surface area contributed by atoms with E-state index in [0.29, 0.717) is 31.6 Å². The van der Waals surface area contributed by atoms with Crippen LogP contribution < -0.4 is 0 Å². The third-order valence-electron chi connectivity index (χ3n) is 5.93. The van der Waals surface area contributed by atoms with E-state index >= 15 is 0 Å². The Morgan fingerprint density at radius 2 is 1.96 bits per heavy atom. The minimum Gasteiger partial charge on any atom is -0.454 e. The van der Waals surface area contributed by atoms with Crippen molar-refractivity contribution in [2.45, 2.75) is 63.4 Å². The van der Waals surface area contributed by atoms with Crippen molar-refractivity contribution in [1.29, 1.82) is 0 Å². The average Bonchev–Trinajstić information content (AvgIpc) is 3.25. The zero-order valence-electron chi connectivity index (χ0n) is 15.5. The number of rotatable bonds is 3. The molecule has 9 heteroatoms. The lowest BCUT2D eigenvalue weighted by atomic mass is 9.80. The topological polar surface area (TPSA) is 69.3 Å². The van der Waals surface area contributed by atoms with Gasteiger partial charge in [-0.2, -0.15) is 23.3 Å². The van der Waals surface area contributed by atoms with Crippen molar-refractivity contribution in [3.8, 4) is 0 Å². The average molecular weight is 399 g/mol. The van der Waals surface area contributed by atoms with Crippen LogP contribution in [-0.2, 0) is 6.54 Å². The zero-order chi connectivity index (χ0) is 19.9. The van der Waals surface area contributed by atoms with Crippen LogP contribution in [0.15, 0.2) is 21.7 Å². The molecule has 3 heterocycles. The Hall–Kier alpha value is -1.87. The molecule has 2 fully saturated rings. The van der Waals surface area contributed by atoms with Crippen molar-refractivity contribution < 1.29 is 27.5 Å². The minimum absolute atomic E-state index is 0.150. The van der Waals surface area contributed by atoms with Gasteiger partial charge in [-0.05, 0) is 57.3 Å². The Labute approximate surface area is 161 Å². The minimum atomic E-state index is -5.01. The standard InChI is InChI=1S/C19H24F3N3O3/c20-19(21,22)18(27)14-6-2-3-7-15(14)23-25(18)17(26)16-9-8-13(28-16)12-24-10-4-1-5-11-24/h8-9,14,27H,1-7,10-12H2/t14-,18-/m1/s1. The Morgan fingerprint density at radius 3 is 2.68 bits per heavy atom. The fourth-order valence-corrected chi connectivity index (χ4v) is 4.44. The molecule has 4 rings (SSSR count). The normalized spacial score (nSPS) is 28.9. The van der Waals surface area contributed by atoms with Crippen LogP contribution in [0.2, 0.25) is 0 Å². The molecule has 6 nitrogen and oxygen atoms in total. The first-order valence-electron chi connectivity index (χ1n) is 9.83. The van der Waals surface area contributed by atoms with Gasteiger partial charge in [-0.15, -0.1) is 0 Å².